The summed E-state index contributed by atoms with van der Waals surface area (Å²) in [7, 11) is 1.42. The van der Waals surface area contributed by atoms with Crippen molar-refractivity contribution in [1.82, 2.24) is 10.3 Å². The fraction of sp³-hybridized carbons (Fsp3) is 0.391. The van der Waals surface area contributed by atoms with E-state index in [1.165, 1.54) is 24.1 Å². The third-order valence-electron chi connectivity index (χ3n) is 5.91. The van der Waals surface area contributed by atoms with Crippen LogP contribution in [0.3, 0.4) is 0 Å². The van der Waals surface area contributed by atoms with Crippen molar-refractivity contribution in [2.75, 3.05) is 17.3 Å². The number of anilines is 2. The Bertz CT molecular complexity index is 1180. The molecule has 2 heterocycles. The second kappa shape index (κ2) is 9.91. The van der Waals surface area contributed by atoms with E-state index < -0.39 is 35.9 Å². The Balaban J connectivity index is 1.69. The number of rotatable bonds is 5. The summed E-state index contributed by atoms with van der Waals surface area (Å²) < 4.78 is 50.5. The molecule has 36 heavy (non-hydrogen) atoms. The predicted octanol–water partition coefficient (Wildman–Crippen LogP) is 3.94. The van der Waals surface area contributed by atoms with E-state index in [0.29, 0.717) is 5.56 Å². The number of primary amides is 1. The Hall–Kier alpha value is -4.03. The van der Waals surface area contributed by atoms with Crippen molar-refractivity contribution in [2.24, 2.45) is 5.73 Å². The van der Waals surface area contributed by atoms with Gasteiger partial charge in [0.25, 0.3) is 0 Å². The molecule has 0 saturated heterocycles. The summed E-state index contributed by atoms with van der Waals surface area (Å²) in [6, 6.07) is 4.22. The maximum Gasteiger partial charge on any atom is 0.433 e. The molecule has 1 aromatic carbocycles. The van der Waals surface area contributed by atoms with Gasteiger partial charge in [-0.05, 0) is 43.4 Å². The maximum atomic E-state index is 13.1. The lowest BCUT2D eigenvalue weighted by atomic mass is 9.96. The topological polar surface area (TPSA) is 136 Å². The lowest BCUT2D eigenvalue weighted by molar-refractivity contribution is -0.141. The van der Waals surface area contributed by atoms with Crippen molar-refractivity contribution in [1.29, 1.82) is 0 Å². The van der Waals surface area contributed by atoms with Gasteiger partial charge in [0.15, 0.2) is 5.75 Å². The highest BCUT2D eigenvalue weighted by molar-refractivity contribution is 6.03. The molecule has 1 aromatic heterocycles. The highest BCUT2D eigenvalue weighted by Gasteiger charge is 2.35. The van der Waals surface area contributed by atoms with E-state index in [1.807, 2.05) is 0 Å². The van der Waals surface area contributed by atoms with Crippen molar-refractivity contribution in [3.05, 3.63) is 41.6 Å². The number of nitrogens with zero attached hydrogens (tertiary/aromatic N) is 2. The number of aromatic nitrogens is 1. The molecule has 10 nitrogen and oxygen atoms in total. The summed E-state index contributed by atoms with van der Waals surface area (Å²) in [5.74, 6) is -0.899. The lowest BCUT2D eigenvalue weighted by Gasteiger charge is -2.33. The van der Waals surface area contributed by atoms with Gasteiger partial charge in [0.05, 0.1) is 5.69 Å². The van der Waals surface area contributed by atoms with Crippen molar-refractivity contribution in [2.45, 2.75) is 50.4 Å². The second-order valence-electron chi connectivity index (χ2n) is 8.54. The van der Waals surface area contributed by atoms with Crippen LogP contribution in [-0.2, 0) is 22.1 Å². The minimum atomic E-state index is -4.69. The van der Waals surface area contributed by atoms with Crippen LogP contribution in [0, 0.1) is 0 Å². The largest absolute Gasteiger partial charge is 0.446 e. The predicted molar refractivity (Wildman–Crippen MR) is 122 cm³/mol. The third-order valence-corrected chi connectivity index (χ3v) is 5.91. The fourth-order valence-corrected chi connectivity index (χ4v) is 4.33. The number of urea groups is 1. The van der Waals surface area contributed by atoms with Gasteiger partial charge >= 0.3 is 18.3 Å². The Morgan fingerprint density at radius 1 is 1.19 bits per heavy atom. The molecule has 1 saturated carbocycles. The highest BCUT2D eigenvalue weighted by Crippen LogP contribution is 2.41. The Morgan fingerprint density at radius 3 is 2.58 bits per heavy atom. The molecule has 1 atom stereocenters. The van der Waals surface area contributed by atoms with E-state index in [0.717, 1.165) is 37.8 Å². The molecule has 13 heteroatoms. The van der Waals surface area contributed by atoms with Crippen LogP contribution in [-0.4, -0.2) is 42.2 Å². The molecular formula is C23H24F3N5O5. The van der Waals surface area contributed by atoms with Crippen molar-refractivity contribution >= 4 is 29.4 Å². The normalized spacial score (nSPS) is 17.9. The second-order valence-corrected chi connectivity index (χ2v) is 8.54. The van der Waals surface area contributed by atoms with Crippen molar-refractivity contribution in [3.63, 3.8) is 0 Å². The van der Waals surface area contributed by atoms with Crippen LogP contribution in [0.4, 0.5) is 34.1 Å². The Labute approximate surface area is 203 Å². The molecule has 4 amide bonds. The van der Waals surface area contributed by atoms with Crippen LogP contribution in [0.15, 0.2) is 30.3 Å². The Morgan fingerprint density at radius 2 is 1.92 bits per heavy atom. The smallest absolute Gasteiger partial charge is 0.433 e. The van der Waals surface area contributed by atoms with Gasteiger partial charge in [-0.25, -0.2) is 14.6 Å². The van der Waals surface area contributed by atoms with E-state index in [2.05, 4.69) is 15.6 Å². The number of benzene rings is 1. The number of pyridine rings is 1. The number of alkyl halides is 3. The van der Waals surface area contributed by atoms with E-state index in [9.17, 15) is 27.6 Å². The van der Waals surface area contributed by atoms with Gasteiger partial charge in [-0.15, -0.1) is 0 Å². The number of amides is 4. The Kier molecular flexibility index (Phi) is 6.91. The summed E-state index contributed by atoms with van der Waals surface area (Å²) >= 11 is 0. The van der Waals surface area contributed by atoms with Crippen LogP contribution in [0.1, 0.15) is 36.9 Å². The molecule has 4 rings (SSSR count). The van der Waals surface area contributed by atoms with Gasteiger partial charge in [0, 0.05) is 31.3 Å². The zero-order chi connectivity index (χ0) is 26.0. The van der Waals surface area contributed by atoms with Gasteiger partial charge in [-0.3, -0.25) is 10.1 Å². The van der Waals surface area contributed by atoms with Crippen LogP contribution in [0.25, 0.3) is 0 Å². The molecule has 0 spiro atoms. The van der Waals surface area contributed by atoms with Gasteiger partial charge in [0.2, 0.25) is 11.8 Å². The van der Waals surface area contributed by atoms with Crippen LogP contribution < -0.4 is 26.0 Å². The summed E-state index contributed by atoms with van der Waals surface area (Å²) in [4.78, 5) is 41.3. The van der Waals surface area contributed by atoms with Crippen LogP contribution in [0.5, 0.6) is 11.6 Å². The van der Waals surface area contributed by atoms with Gasteiger partial charge in [-0.2, -0.15) is 13.2 Å². The van der Waals surface area contributed by atoms with Gasteiger partial charge < -0.3 is 25.4 Å². The summed E-state index contributed by atoms with van der Waals surface area (Å²) in [5.41, 5.74) is 4.97. The first kappa shape index (κ1) is 25.1. The number of likely N-dealkylation sites (N-methyl/N-ethyl adjacent to an activating group) is 1. The molecule has 2 aromatic rings. The number of hydrogen-bond acceptors (Lipinski definition) is 6. The fourth-order valence-electron chi connectivity index (χ4n) is 4.33. The molecule has 0 radical (unpaired) electrons. The number of halogens is 3. The summed E-state index contributed by atoms with van der Waals surface area (Å²) in [6.07, 6.45) is -2.12. The van der Waals surface area contributed by atoms with Crippen LogP contribution >= 0.6 is 0 Å². The SMILES string of the molecule is CN1C(=O)C(NC(N)=O)Cc2cc(NC(=O)OC3CCCC3)cc(Oc3cccc(C(F)(F)F)n3)c21. The number of hydrogen-bond donors (Lipinski definition) is 3. The van der Waals surface area contributed by atoms with Crippen molar-refractivity contribution in [3.8, 4) is 11.6 Å². The number of nitrogens with one attached hydrogen (secondary N) is 2. The van der Waals surface area contributed by atoms with Crippen molar-refractivity contribution < 1.29 is 37.0 Å². The molecule has 192 valence electrons. The number of fused-ring (bicyclic) bond motifs is 1. The average Bonchev–Trinajstić information content (AvgIpc) is 3.29. The molecule has 1 aliphatic carbocycles. The van der Waals surface area contributed by atoms with E-state index in [-0.39, 0.29) is 35.5 Å². The van der Waals surface area contributed by atoms with E-state index in [1.54, 1.807) is 6.07 Å². The zero-order valence-electron chi connectivity index (χ0n) is 19.2. The lowest BCUT2D eigenvalue weighted by Crippen LogP contribution is -2.53. The quantitative estimate of drug-likeness (QED) is 0.561. The molecule has 1 fully saturated rings. The molecule has 0 bridgehead atoms. The van der Waals surface area contributed by atoms with Crippen LogP contribution in [0.2, 0.25) is 0 Å². The van der Waals surface area contributed by atoms with Gasteiger partial charge in [0.1, 0.15) is 17.8 Å². The number of carbonyl (C=O) groups is 3. The van der Waals surface area contributed by atoms with E-state index in [4.69, 9.17) is 15.2 Å². The standard InChI is InChI=1S/C23H24F3N5O5/c1-31-19-12(10-15(20(31)32)29-21(27)33)9-13(28-22(34)35-14-5-2-3-6-14)11-16(19)36-18-8-4-7-17(30-18)23(24,25)26/h4,7-9,11,14-15H,2-3,5-6,10H2,1H3,(H,28,34)(H3,27,29,33). The minimum absolute atomic E-state index is 0.00101. The maximum absolute atomic E-state index is 13.1. The minimum Gasteiger partial charge on any atom is -0.446 e. The first-order valence-corrected chi connectivity index (χ1v) is 11.2. The number of carbonyl (C=O) groups excluding carboxylic acids is 3. The molecule has 2 aliphatic rings. The first-order chi connectivity index (χ1) is 17.0. The van der Waals surface area contributed by atoms with E-state index >= 15 is 0 Å². The number of nitrogens with two attached hydrogens (primary N) is 1. The molecule has 4 N–H and O–H groups in total. The summed E-state index contributed by atoms with van der Waals surface area (Å²) in [5, 5.41) is 4.97. The molecule has 1 aliphatic heterocycles. The summed E-state index contributed by atoms with van der Waals surface area (Å²) in [6.45, 7) is 0. The highest BCUT2D eigenvalue weighted by atomic mass is 19.4. The molecule has 1 unspecified atom stereocenters. The monoisotopic (exact) mass is 507 g/mol. The van der Waals surface area contributed by atoms with Gasteiger partial charge in [-0.1, -0.05) is 6.07 Å². The number of ether oxygens (including phenoxy) is 2. The third kappa shape index (κ3) is 5.61. The first-order valence-electron chi connectivity index (χ1n) is 11.2. The average molecular weight is 507 g/mol. The molecular weight excluding hydrogens is 483 g/mol. The zero-order valence-corrected chi connectivity index (χ0v) is 19.2.